The zero-order valence-corrected chi connectivity index (χ0v) is 20.3. The quantitative estimate of drug-likeness (QED) is 0.486. The third-order valence-corrected chi connectivity index (χ3v) is 6.70. The number of fused-ring (bicyclic) bond motifs is 1. The molecule has 0 bridgehead atoms. The van der Waals surface area contributed by atoms with Crippen LogP contribution in [0.25, 0.3) is 0 Å². The van der Waals surface area contributed by atoms with Gasteiger partial charge in [0.1, 0.15) is 11.8 Å². The van der Waals surface area contributed by atoms with E-state index in [1.807, 2.05) is 36.4 Å². The van der Waals surface area contributed by atoms with Gasteiger partial charge in [-0.15, -0.1) is 0 Å². The maximum absolute atomic E-state index is 13.9. The SMILES string of the molecule is COc1cccc([C@@H](C(=O)NC2CCCCC2)N(Cc2ccc3c(c2)OCO3)C(=O)c2ccco2)c1. The number of ether oxygens (including phenoxy) is 3. The van der Waals surface area contributed by atoms with Crippen LogP contribution < -0.4 is 19.5 Å². The summed E-state index contributed by atoms with van der Waals surface area (Å²) in [6, 6.07) is 15.3. The fraction of sp³-hybridized carbons (Fsp3) is 0.357. The molecule has 0 unspecified atom stereocenters. The number of furan rings is 1. The second kappa shape index (κ2) is 10.8. The highest BCUT2D eigenvalue weighted by molar-refractivity contribution is 5.96. The molecule has 2 aliphatic rings. The highest BCUT2D eigenvalue weighted by atomic mass is 16.7. The van der Waals surface area contributed by atoms with Crippen molar-refractivity contribution in [3.8, 4) is 17.2 Å². The van der Waals surface area contributed by atoms with Crippen LogP contribution in [0.15, 0.2) is 65.3 Å². The van der Waals surface area contributed by atoms with Crippen molar-refractivity contribution in [3.05, 3.63) is 77.7 Å². The molecule has 1 atom stereocenters. The lowest BCUT2D eigenvalue weighted by Gasteiger charge is -2.33. The van der Waals surface area contributed by atoms with Gasteiger partial charge in [0.05, 0.1) is 13.4 Å². The third-order valence-electron chi connectivity index (χ3n) is 6.70. The van der Waals surface area contributed by atoms with Gasteiger partial charge >= 0.3 is 0 Å². The zero-order valence-electron chi connectivity index (χ0n) is 20.3. The van der Waals surface area contributed by atoms with Gasteiger partial charge in [-0.25, -0.2) is 0 Å². The zero-order chi connectivity index (χ0) is 24.9. The fourth-order valence-corrected chi connectivity index (χ4v) is 4.87. The number of amides is 2. The Bertz CT molecular complexity index is 1200. The molecule has 1 fully saturated rings. The lowest BCUT2D eigenvalue weighted by molar-refractivity contribution is -0.127. The van der Waals surface area contributed by atoms with Crippen molar-refractivity contribution in [1.82, 2.24) is 10.2 Å². The summed E-state index contributed by atoms with van der Waals surface area (Å²) >= 11 is 0. The number of nitrogens with one attached hydrogen (secondary N) is 1. The summed E-state index contributed by atoms with van der Waals surface area (Å²) in [5, 5.41) is 3.21. The first kappa shape index (κ1) is 23.8. The average molecular weight is 491 g/mol. The van der Waals surface area contributed by atoms with Gasteiger partial charge in [-0.2, -0.15) is 0 Å². The predicted octanol–water partition coefficient (Wildman–Crippen LogP) is 4.85. The number of carbonyl (C=O) groups is 2. The van der Waals surface area contributed by atoms with Crippen molar-refractivity contribution < 1.29 is 28.2 Å². The van der Waals surface area contributed by atoms with Crippen LogP contribution in [0.5, 0.6) is 17.2 Å². The molecule has 0 radical (unpaired) electrons. The van der Waals surface area contributed by atoms with E-state index in [1.54, 1.807) is 30.2 Å². The van der Waals surface area contributed by atoms with Crippen molar-refractivity contribution in [2.24, 2.45) is 0 Å². The molecule has 3 aromatic rings. The summed E-state index contributed by atoms with van der Waals surface area (Å²) in [7, 11) is 1.58. The standard InChI is InChI=1S/C28H30N2O6/c1-33-22-10-5-7-20(16-22)26(27(31)29-21-8-3-2-4-9-21)30(28(32)24-11-6-14-34-24)17-19-12-13-23-25(15-19)36-18-35-23/h5-7,10-16,21,26H,2-4,8-9,17-18H2,1H3,(H,29,31)/t26-/m0/s1. The van der Waals surface area contributed by atoms with Gasteiger partial charge in [0.15, 0.2) is 17.3 Å². The number of rotatable bonds is 8. The summed E-state index contributed by atoms with van der Waals surface area (Å²) in [5.74, 6) is 1.43. The molecule has 0 saturated heterocycles. The Morgan fingerprint density at radius 1 is 1.03 bits per heavy atom. The molecular weight excluding hydrogens is 460 g/mol. The molecule has 8 heteroatoms. The molecule has 2 aromatic carbocycles. The van der Waals surface area contributed by atoms with Crippen molar-refractivity contribution in [2.45, 2.75) is 50.7 Å². The molecule has 1 N–H and O–H groups in total. The van der Waals surface area contributed by atoms with Crippen molar-refractivity contribution in [1.29, 1.82) is 0 Å². The summed E-state index contributed by atoms with van der Waals surface area (Å²) < 4.78 is 21.9. The molecule has 2 amide bonds. The fourth-order valence-electron chi connectivity index (χ4n) is 4.87. The van der Waals surface area contributed by atoms with Crippen LogP contribution in [-0.2, 0) is 11.3 Å². The second-order valence-electron chi connectivity index (χ2n) is 9.12. The molecule has 5 rings (SSSR count). The van der Waals surface area contributed by atoms with Crippen LogP contribution in [0.2, 0.25) is 0 Å². The maximum Gasteiger partial charge on any atom is 0.290 e. The Balaban J connectivity index is 1.53. The molecular formula is C28H30N2O6. The van der Waals surface area contributed by atoms with Gasteiger partial charge in [-0.3, -0.25) is 9.59 Å². The molecule has 188 valence electrons. The minimum atomic E-state index is -0.898. The van der Waals surface area contributed by atoms with E-state index in [-0.39, 0.29) is 37.0 Å². The smallest absolute Gasteiger partial charge is 0.290 e. The van der Waals surface area contributed by atoms with Crippen LogP contribution in [0.4, 0.5) is 0 Å². The van der Waals surface area contributed by atoms with E-state index < -0.39 is 6.04 Å². The van der Waals surface area contributed by atoms with Gasteiger partial charge in [0, 0.05) is 12.6 Å². The van der Waals surface area contributed by atoms with Gasteiger partial charge in [-0.05, 0) is 60.4 Å². The first-order valence-corrected chi connectivity index (χ1v) is 12.3. The van der Waals surface area contributed by atoms with E-state index in [2.05, 4.69) is 5.32 Å². The Morgan fingerprint density at radius 3 is 2.64 bits per heavy atom. The van der Waals surface area contributed by atoms with Crippen molar-refractivity contribution >= 4 is 11.8 Å². The van der Waals surface area contributed by atoms with Crippen LogP contribution in [-0.4, -0.2) is 36.7 Å². The summed E-state index contributed by atoms with van der Waals surface area (Å²) in [5.41, 5.74) is 1.46. The van der Waals surface area contributed by atoms with Gasteiger partial charge < -0.3 is 28.8 Å². The van der Waals surface area contributed by atoms with Crippen LogP contribution in [0.3, 0.4) is 0 Å². The minimum absolute atomic E-state index is 0.0884. The Morgan fingerprint density at radius 2 is 1.86 bits per heavy atom. The topological polar surface area (TPSA) is 90.2 Å². The van der Waals surface area contributed by atoms with Gasteiger partial charge in [0.2, 0.25) is 12.7 Å². The number of benzene rings is 2. The van der Waals surface area contributed by atoms with Crippen LogP contribution >= 0.6 is 0 Å². The molecule has 0 spiro atoms. The predicted molar refractivity (Wildman–Crippen MR) is 132 cm³/mol. The number of nitrogens with zero attached hydrogens (tertiary/aromatic N) is 1. The largest absolute Gasteiger partial charge is 0.497 e. The molecule has 2 heterocycles. The molecule has 36 heavy (non-hydrogen) atoms. The van der Waals surface area contributed by atoms with E-state index in [4.69, 9.17) is 18.6 Å². The summed E-state index contributed by atoms with van der Waals surface area (Å²) in [6.07, 6.45) is 6.67. The summed E-state index contributed by atoms with van der Waals surface area (Å²) in [4.78, 5) is 29.2. The third kappa shape index (κ3) is 5.17. The monoisotopic (exact) mass is 490 g/mol. The molecule has 8 nitrogen and oxygen atoms in total. The number of hydrogen-bond donors (Lipinski definition) is 1. The molecule has 1 aliphatic carbocycles. The lowest BCUT2D eigenvalue weighted by atomic mass is 9.94. The average Bonchev–Trinajstić information content (AvgIpc) is 3.61. The van der Waals surface area contributed by atoms with E-state index in [0.29, 0.717) is 22.8 Å². The molecule has 1 saturated carbocycles. The van der Waals surface area contributed by atoms with Crippen LogP contribution in [0, 0.1) is 0 Å². The van der Waals surface area contributed by atoms with E-state index in [9.17, 15) is 9.59 Å². The Hall–Kier alpha value is -3.94. The first-order chi connectivity index (χ1) is 17.6. The number of methoxy groups -OCH3 is 1. The molecule has 1 aliphatic heterocycles. The van der Waals surface area contributed by atoms with Crippen LogP contribution in [0.1, 0.15) is 59.8 Å². The lowest BCUT2D eigenvalue weighted by Crippen LogP contribution is -2.46. The van der Waals surface area contributed by atoms with Crippen molar-refractivity contribution in [2.75, 3.05) is 13.9 Å². The number of hydrogen-bond acceptors (Lipinski definition) is 6. The van der Waals surface area contributed by atoms with Gasteiger partial charge in [0.25, 0.3) is 5.91 Å². The van der Waals surface area contributed by atoms with Gasteiger partial charge in [-0.1, -0.05) is 37.5 Å². The van der Waals surface area contributed by atoms with E-state index in [1.165, 1.54) is 12.7 Å². The highest BCUT2D eigenvalue weighted by Crippen LogP contribution is 2.35. The number of carbonyl (C=O) groups excluding carboxylic acids is 2. The first-order valence-electron chi connectivity index (χ1n) is 12.3. The maximum atomic E-state index is 13.9. The van der Waals surface area contributed by atoms with Crippen molar-refractivity contribution in [3.63, 3.8) is 0 Å². The minimum Gasteiger partial charge on any atom is -0.497 e. The summed E-state index contributed by atoms with van der Waals surface area (Å²) in [6.45, 7) is 0.320. The Labute approximate surface area is 210 Å². The van der Waals surface area contributed by atoms with E-state index >= 15 is 0 Å². The Kier molecular flexibility index (Phi) is 7.11. The normalized spacial score (nSPS) is 15.8. The highest BCUT2D eigenvalue weighted by Gasteiger charge is 2.35. The van der Waals surface area contributed by atoms with E-state index in [0.717, 1.165) is 31.2 Å². The second-order valence-corrected chi connectivity index (χ2v) is 9.12. The molecule has 1 aromatic heterocycles.